The zero-order chi connectivity index (χ0) is 18.7. The smallest absolute Gasteiger partial charge is 0.322 e. The van der Waals surface area contributed by atoms with Gasteiger partial charge in [0.05, 0.1) is 19.7 Å². The minimum absolute atomic E-state index is 0.319. The van der Waals surface area contributed by atoms with Gasteiger partial charge in [0.15, 0.2) is 0 Å². The molecule has 2 aromatic carbocycles. The number of esters is 1. The first-order chi connectivity index (χ1) is 12.5. The lowest BCUT2D eigenvalue weighted by molar-refractivity contribution is -0.142. The van der Waals surface area contributed by atoms with E-state index < -0.39 is 12.0 Å². The topological polar surface area (TPSA) is 75.7 Å². The van der Waals surface area contributed by atoms with Crippen molar-refractivity contribution in [2.24, 2.45) is 12.8 Å². The van der Waals surface area contributed by atoms with Gasteiger partial charge in [-0.25, -0.2) is 0 Å². The molecule has 0 aliphatic rings. The molecule has 6 nitrogen and oxygen atoms in total. The van der Waals surface area contributed by atoms with Gasteiger partial charge in [0.25, 0.3) is 0 Å². The molecule has 0 fully saturated rings. The quantitative estimate of drug-likeness (QED) is 0.689. The first-order valence-corrected chi connectivity index (χ1v) is 8.26. The Morgan fingerprint density at radius 3 is 2.38 bits per heavy atom. The molecule has 0 spiro atoms. The second-order valence-electron chi connectivity index (χ2n) is 5.97. The summed E-state index contributed by atoms with van der Waals surface area (Å²) in [5, 5.41) is 0.998. The van der Waals surface area contributed by atoms with Crippen LogP contribution in [0, 0.1) is 0 Å². The summed E-state index contributed by atoms with van der Waals surface area (Å²) in [6.45, 7) is 0. The summed E-state index contributed by atoms with van der Waals surface area (Å²) in [6.07, 6.45) is 0.319. The maximum Gasteiger partial charge on any atom is 0.322 e. The maximum absolute atomic E-state index is 11.8. The maximum atomic E-state index is 11.8. The van der Waals surface area contributed by atoms with E-state index in [0.717, 1.165) is 22.2 Å². The Hall–Kier alpha value is -2.99. The lowest BCUT2D eigenvalue weighted by Crippen LogP contribution is -2.33. The van der Waals surface area contributed by atoms with E-state index >= 15 is 0 Å². The Balaban J connectivity index is 2.03. The van der Waals surface area contributed by atoms with Crippen LogP contribution in [-0.2, 0) is 23.0 Å². The first-order valence-electron chi connectivity index (χ1n) is 8.26. The third-order valence-corrected chi connectivity index (χ3v) is 4.36. The largest absolute Gasteiger partial charge is 0.497 e. The van der Waals surface area contributed by atoms with E-state index in [4.69, 9.17) is 19.9 Å². The molecular weight excluding hydrogens is 332 g/mol. The Morgan fingerprint density at radius 2 is 1.73 bits per heavy atom. The first kappa shape index (κ1) is 17.8. The van der Waals surface area contributed by atoms with Crippen LogP contribution in [0.3, 0.4) is 0 Å². The van der Waals surface area contributed by atoms with E-state index in [0.29, 0.717) is 18.1 Å². The molecular formula is C20H22N2O4. The number of aromatic nitrogens is 1. The molecule has 0 radical (unpaired) electrons. The number of ether oxygens (including phenoxy) is 3. The summed E-state index contributed by atoms with van der Waals surface area (Å²) in [5.41, 5.74) is 7.88. The van der Waals surface area contributed by atoms with Crippen LogP contribution in [0.1, 0.15) is 5.56 Å². The van der Waals surface area contributed by atoms with Crippen molar-refractivity contribution in [1.29, 1.82) is 0 Å². The minimum Gasteiger partial charge on any atom is -0.497 e. The number of para-hydroxylation sites is 1. The van der Waals surface area contributed by atoms with Gasteiger partial charge in [-0.05, 0) is 30.3 Å². The van der Waals surface area contributed by atoms with Crippen LogP contribution in [0.15, 0.2) is 48.5 Å². The molecule has 3 aromatic rings. The van der Waals surface area contributed by atoms with Gasteiger partial charge in [0.1, 0.15) is 17.5 Å². The van der Waals surface area contributed by atoms with Crippen molar-refractivity contribution in [3.63, 3.8) is 0 Å². The predicted molar refractivity (Wildman–Crippen MR) is 99.7 cm³/mol. The highest BCUT2D eigenvalue weighted by Crippen LogP contribution is 2.35. The molecule has 0 saturated carbocycles. The molecule has 1 atom stereocenters. The van der Waals surface area contributed by atoms with Crippen LogP contribution in [0.5, 0.6) is 17.4 Å². The molecule has 1 heterocycles. The van der Waals surface area contributed by atoms with E-state index in [2.05, 4.69) is 0 Å². The van der Waals surface area contributed by atoms with Crippen LogP contribution in [-0.4, -0.2) is 30.8 Å². The lowest BCUT2D eigenvalue weighted by atomic mass is 10.1. The third-order valence-electron chi connectivity index (χ3n) is 4.36. The van der Waals surface area contributed by atoms with Crippen molar-refractivity contribution in [2.75, 3.05) is 14.2 Å². The van der Waals surface area contributed by atoms with Crippen molar-refractivity contribution in [3.05, 3.63) is 54.1 Å². The highest BCUT2D eigenvalue weighted by Gasteiger charge is 2.23. The number of fused-ring (bicyclic) bond motifs is 1. The van der Waals surface area contributed by atoms with E-state index in [-0.39, 0.29) is 0 Å². The molecule has 2 N–H and O–H groups in total. The second-order valence-corrected chi connectivity index (χ2v) is 5.97. The number of rotatable bonds is 6. The molecule has 0 saturated heterocycles. The van der Waals surface area contributed by atoms with Gasteiger partial charge in [-0.3, -0.25) is 4.79 Å². The third kappa shape index (κ3) is 3.36. The number of aryl methyl sites for hydroxylation is 1. The molecule has 1 aromatic heterocycles. The SMILES string of the molecule is COC(=O)C(N)Cc1c(Oc2ccc(OC)cc2)n(C)c2ccccc12. The molecule has 0 amide bonds. The number of methoxy groups -OCH3 is 2. The summed E-state index contributed by atoms with van der Waals surface area (Å²) in [4.78, 5) is 11.8. The van der Waals surface area contributed by atoms with E-state index in [1.165, 1.54) is 7.11 Å². The molecule has 3 rings (SSSR count). The number of hydrogen-bond acceptors (Lipinski definition) is 5. The summed E-state index contributed by atoms with van der Waals surface area (Å²) >= 11 is 0. The zero-order valence-electron chi connectivity index (χ0n) is 15.1. The van der Waals surface area contributed by atoms with Crippen LogP contribution in [0.2, 0.25) is 0 Å². The normalized spacial score (nSPS) is 12.0. The molecule has 0 aliphatic heterocycles. The Kier molecular flexibility index (Phi) is 5.14. The molecule has 0 bridgehead atoms. The van der Waals surface area contributed by atoms with E-state index in [1.54, 1.807) is 7.11 Å². The van der Waals surface area contributed by atoms with Crippen molar-refractivity contribution in [2.45, 2.75) is 12.5 Å². The van der Waals surface area contributed by atoms with Crippen molar-refractivity contribution >= 4 is 16.9 Å². The number of carbonyl (C=O) groups excluding carboxylic acids is 1. The fourth-order valence-corrected chi connectivity index (χ4v) is 2.99. The number of benzene rings is 2. The summed E-state index contributed by atoms with van der Waals surface area (Å²) in [5.74, 6) is 1.62. The van der Waals surface area contributed by atoms with E-state index in [1.807, 2.05) is 60.1 Å². The number of carbonyl (C=O) groups is 1. The Labute approximate surface area is 152 Å². The minimum atomic E-state index is -0.760. The summed E-state index contributed by atoms with van der Waals surface area (Å²) in [6, 6.07) is 14.5. The fraction of sp³-hybridized carbons (Fsp3) is 0.250. The highest BCUT2D eigenvalue weighted by molar-refractivity contribution is 5.88. The van der Waals surface area contributed by atoms with Crippen molar-refractivity contribution < 1.29 is 19.0 Å². The molecule has 26 heavy (non-hydrogen) atoms. The molecule has 1 unspecified atom stereocenters. The highest BCUT2D eigenvalue weighted by atomic mass is 16.5. The number of nitrogens with zero attached hydrogens (tertiary/aromatic N) is 1. The molecule has 0 aliphatic carbocycles. The van der Waals surface area contributed by atoms with Gasteiger partial charge in [0.2, 0.25) is 5.88 Å². The fourth-order valence-electron chi connectivity index (χ4n) is 2.99. The standard InChI is InChI=1S/C20H22N2O4/c1-22-18-7-5-4-6-15(18)16(12-17(21)20(23)25-3)19(22)26-14-10-8-13(24-2)9-11-14/h4-11,17H,12,21H2,1-3H3. The monoisotopic (exact) mass is 354 g/mol. The second kappa shape index (κ2) is 7.49. The number of hydrogen-bond donors (Lipinski definition) is 1. The van der Waals surface area contributed by atoms with Crippen LogP contribution in [0.25, 0.3) is 10.9 Å². The van der Waals surface area contributed by atoms with Crippen LogP contribution < -0.4 is 15.2 Å². The Morgan fingerprint density at radius 1 is 1.08 bits per heavy atom. The molecule has 136 valence electrons. The van der Waals surface area contributed by atoms with Crippen LogP contribution in [0.4, 0.5) is 0 Å². The Bertz CT molecular complexity index is 915. The lowest BCUT2D eigenvalue weighted by Gasteiger charge is -2.13. The van der Waals surface area contributed by atoms with Gasteiger partial charge in [-0.2, -0.15) is 0 Å². The van der Waals surface area contributed by atoms with Gasteiger partial charge >= 0.3 is 5.97 Å². The molecule has 6 heteroatoms. The average Bonchev–Trinajstić information content (AvgIpc) is 2.94. The number of nitrogens with two attached hydrogens (primary N) is 1. The van der Waals surface area contributed by atoms with E-state index in [9.17, 15) is 4.79 Å². The van der Waals surface area contributed by atoms with Gasteiger partial charge in [-0.1, -0.05) is 18.2 Å². The van der Waals surface area contributed by atoms with Crippen molar-refractivity contribution in [3.8, 4) is 17.4 Å². The summed E-state index contributed by atoms with van der Waals surface area (Å²) < 4.78 is 18.0. The average molecular weight is 354 g/mol. The van der Waals surface area contributed by atoms with Crippen molar-refractivity contribution in [1.82, 2.24) is 4.57 Å². The predicted octanol–water partition coefficient (Wildman–Crippen LogP) is 3.02. The van der Waals surface area contributed by atoms with Gasteiger partial charge in [0, 0.05) is 24.4 Å². The van der Waals surface area contributed by atoms with Gasteiger partial charge in [-0.15, -0.1) is 0 Å². The zero-order valence-corrected chi connectivity index (χ0v) is 15.1. The van der Waals surface area contributed by atoms with Gasteiger partial charge < -0.3 is 24.5 Å². The summed E-state index contributed by atoms with van der Waals surface area (Å²) in [7, 11) is 4.88. The van der Waals surface area contributed by atoms with Crippen LogP contribution >= 0.6 is 0 Å².